The maximum atomic E-state index is 11.8. The van der Waals surface area contributed by atoms with Gasteiger partial charge in [0.15, 0.2) is 0 Å². The Morgan fingerprint density at radius 3 is 1.51 bits per heavy atom. The molecule has 3 rings (SSSR count). The number of ether oxygens (including phenoxy) is 2. The predicted molar refractivity (Wildman–Crippen MR) is 137 cm³/mol. The first-order chi connectivity index (χ1) is 16.8. The Bertz CT molecular complexity index is 1010. The van der Waals surface area contributed by atoms with Gasteiger partial charge in [0.25, 0.3) is 0 Å². The zero-order chi connectivity index (χ0) is 25.2. The zero-order valence-corrected chi connectivity index (χ0v) is 20.7. The van der Waals surface area contributed by atoms with Crippen molar-refractivity contribution in [2.24, 2.45) is 11.8 Å². The largest absolute Gasteiger partial charge is 0.493 e. The van der Waals surface area contributed by atoms with Crippen LogP contribution in [-0.2, 0) is 13.1 Å². The molecular weight excluding hydrogens is 446 g/mol. The molecule has 0 saturated heterocycles. The molecule has 0 fully saturated rings. The molecule has 0 radical (unpaired) electrons. The third-order valence-corrected chi connectivity index (χ3v) is 4.94. The SMILES string of the molecule is CC(C)COc1ccc(CNc2ncnc(NCc3ccc(OCC(C)C)cc3)c2[N+](=O)[O-])cc1. The molecule has 2 aromatic carbocycles. The van der Waals surface area contributed by atoms with E-state index in [4.69, 9.17) is 9.47 Å². The summed E-state index contributed by atoms with van der Waals surface area (Å²) in [5, 5.41) is 17.9. The second kappa shape index (κ2) is 12.5. The highest BCUT2D eigenvalue weighted by molar-refractivity contribution is 5.69. The maximum absolute atomic E-state index is 11.8. The van der Waals surface area contributed by atoms with Crippen LogP contribution in [0.2, 0.25) is 0 Å². The maximum Gasteiger partial charge on any atom is 0.353 e. The molecule has 9 nitrogen and oxygen atoms in total. The van der Waals surface area contributed by atoms with Crippen molar-refractivity contribution in [3.05, 3.63) is 76.1 Å². The number of aromatic nitrogens is 2. The lowest BCUT2D eigenvalue weighted by Crippen LogP contribution is -2.10. The van der Waals surface area contributed by atoms with E-state index in [1.165, 1.54) is 6.33 Å². The van der Waals surface area contributed by atoms with Crippen LogP contribution in [0, 0.1) is 22.0 Å². The van der Waals surface area contributed by atoms with Crippen molar-refractivity contribution in [2.75, 3.05) is 23.8 Å². The molecule has 0 bridgehead atoms. The third kappa shape index (κ3) is 8.13. The highest BCUT2D eigenvalue weighted by atomic mass is 16.6. The molecule has 3 aromatic rings. The number of nitrogens with one attached hydrogen (secondary N) is 2. The lowest BCUT2D eigenvalue weighted by molar-refractivity contribution is -0.383. The van der Waals surface area contributed by atoms with Crippen LogP contribution < -0.4 is 20.1 Å². The Morgan fingerprint density at radius 2 is 1.17 bits per heavy atom. The quantitative estimate of drug-likeness (QED) is 0.238. The van der Waals surface area contributed by atoms with E-state index in [1.54, 1.807) is 0 Å². The third-order valence-electron chi connectivity index (χ3n) is 4.94. The normalized spacial score (nSPS) is 10.9. The van der Waals surface area contributed by atoms with Gasteiger partial charge in [-0.05, 0) is 47.2 Å². The molecule has 35 heavy (non-hydrogen) atoms. The fraction of sp³-hybridized carbons (Fsp3) is 0.385. The van der Waals surface area contributed by atoms with Crippen molar-refractivity contribution in [1.82, 2.24) is 9.97 Å². The highest BCUT2D eigenvalue weighted by Gasteiger charge is 2.22. The Kier molecular flexibility index (Phi) is 9.23. The van der Waals surface area contributed by atoms with Crippen LogP contribution in [0.5, 0.6) is 11.5 Å². The summed E-state index contributed by atoms with van der Waals surface area (Å²) >= 11 is 0. The van der Waals surface area contributed by atoms with Crippen molar-refractivity contribution < 1.29 is 14.4 Å². The number of benzene rings is 2. The molecule has 0 amide bonds. The minimum Gasteiger partial charge on any atom is -0.493 e. The van der Waals surface area contributed by atoms with E-state index in [0.29, 0.717) is 38.1 Å². The summed E-state index contributed by atoms with van der Waals surface area (Å²) in [6, 6.07) is 15.2. The van der Waals surface area contributed by atoms with Gasteiger partial charge in [-0.25, -0.2) is 9.97 Å². The summed E-state index contributed by atoms with van der Waals surface area (Å²) in [6.45, 7) is 10.4. The van der Waals surface area contributed by atoms with Gasteiger partial charge in [-0.2, -0.15) is 0 Å². The molecule has 1 heterocycles. The Hall–Kier alpha value is -3.88. The summed E-state index contributed by atoms with van der Waals surface area (Å²) in [5.74, 6) is 2.79. The smallest absolute Gasteiger partial charge is 0.353 e. The first kappa shape index (κ1) is 25.7. The average Bonchev–Trinajstić information content (AvgIpc) is 2.84. The van der Waals surface area contributed by atoms with Crippen LogP contribution in [0.3, 0.4) is 0 Å². The molecule has 0 aliphatic heterocycles. The van der Waals surface area contributed by atoms with Gasteiger partial charge >= 0.3 is 5.69 Å². The molecule has 2 N–H and O–H groups in total. The fourth-order valence-electron chi connectivity index (χ4n) is 3.11. The number of anilines is 2. The number of nitrogens with zero attached hydrogens (tertiary/aromatic N) is 3. The van der Waals surface area contributed by atoms with Crippen molar-refractivity contribution >= 4 is 17.3 Å². The van der Waals surface area contributed by atoms with Crippen molar-refractivity contribution in [3.8, 4) is 11.5 Å². The molecule has 1 aromatic heterocycles. The molecule has 0 atom stereocenters. The first-order valence-electron chi connectivity index (χ1n) is 11.7. The van der Waals surface area contributed by atoms with Gasteiger partial charge in [0.05, 0.1) is 18.1 Å². The van der Waals surface area contributed by atoms with Gasteiger partial charge in [0, 0.05) is 13.1 Å². The summed E-state index contributed by atoms with van der Waals surface area (Å²) < 4.78 is 11.4. The molecule has 186 valence electrons. The highest BCUT2D eigenvalue weighted by Crippen LogP contribution is 2.30. The summed E-state index contributed by atoms with van der Waals surface area (Å²) in [7, 11) is 0. The molecule has 0 unspecified atom stereocenters. The number of rotatable bonds is 13. The van der Waals surface area contributed by atoms with Crippen LogP contribution in [0.1, 0.15) is 38.8 Å². The van der Waals surface area contributed by atoms with E-state index in [9.17, 15) is 10.1 Å². The number of hydrogen-bond acceptors (Lipinski definition) is 8. The molecule has 9 heteroatoms. The van der Waals surface area contributed by atoms with Gasteiger partial charge in [-0.3, -0.25) is 10.1 Å². The second-order valence-corrected chi connectivity index (χ2v) is 9.08. The van der Waals surface area contributed by atoms with Crippen LogP contribution in [0.4, 0.5) is 17.3 Å². The van der Waals surface area contributed by atoms with Gasteiger partial charge in [0.2, 0.25) is 11.6 Å². The second-order valence-electron chi connectivity index (χ2n) is 9.08. The Morgan fingerprint density at radius 1 is 0.771 bits per heavy atom. The lowest BCUT2D eigenvalue weighted by Gasteiger charge is -2.12. The van der Waals surface area contributed by atoms with Crippen molar-refractivity contribution in [2.45, 2.75) is 40.8 Å². The lowest BCUT2D eigenvalue weighted by atomic mass is 10.2. The average molecular weight is 480 g/mol. The van der Waals surface area contributed by atoms with Crippen LogP contribution in [0.25, 0.3) is 0 Å². The van der Waals surface area contributed by atoms with Crippen LogP contribution >= 0.6 is 0 Å². The minimum absolute atomic E-state index is 0.157. The zero-order valence-electron chi connectivity index (χ0n) is 20.7. The van der Waals surface area contributed by atoms with E-state index < -0.39 is 4.92 Å². The number of hydrogen-bond donors (Lipinski definition) is 2. The monoisotopic (exact) mass is 479 g/mol. The van der Waals surface area contributed by atoms with Gasteiger partial charge < -0.3 is 20.1 Å². The van der Waals surface area contributed by atoms with Gasteiger partial charge in [0.1, 0.15) is 17.8 Å². The fourth-order valence-corrected chi connectivity index (χ4v) is 3.11. The molecule has 0 spiro atoms. The van der Waals surface area contributed by atoms with Crippen molar-refractivity contribution in [3.63, 3.8) is 0 Å². The summed E-state index contributed by atoms with van der Waals surface area (Å²) in [4.78, 5) is 19.5. The predicted octanol–water partition coefficient (Wildman–Crippen LogP) is 5.68. The summed E-state index contributed by atoms with van der Waals surface area (Å²) in [6.07, 6.45) is 1.31. The van der Waals surface area contributed by atoms with E-state index in [1.807, 2.05) is 48.5 Å². The van der Waals surface area contributed by atoms with Gasteiger partial charge in [-0.1, -0.05) is 52.0 Å². The first-order valence-corrected chi connectivity index (χ1v) is 11.7. The Balaban J connectivity index is 1.62. The molecule has 0 saturated carbocycles. The molecule has 0 aliphatic rings. The summed E-state index contributed by atoms with van der Waals surface area (Å²) in [5.41, 5.74) is 1.70. The van der Waals surface area contributed by atoms with E-state index >= 15 is 0 Å². The van der Waals surface area contributed by atoms with E-state index in [0.717, 1.165) is 22.6 Å². The standard InChI is InChI=1S/C26H33N5O4/c1-18(2)15-34-22-9-5-20(6-10-22)13-27-25-24(31(32)33)26(30-17-29-25)28-14-21-7-11-23(12-8-21)35-16-19(3)4/h5-12,17-19H,13-16H2,1-4H3,(H2,27,28,29,30). The van der Waals surface area contributed by atoms with Crippen molar-refractivity contribution in [1.29, 1.82) is 0 Å². The molecular formula is C26H33N5O4. The number of nitro groups is 1. The minimum atomic E-state index is -0.476. The van der Waals surface area contributed by atoms with Crippen LogP contribution in [0.15, 0.2) is 54.9 Å². The van der Waals surface area contributed by atoms with E-state index in [-0.39, 0.29) is 17.3 Å². The Labute approximate surface area is 206 Å². The topological polar surface area (TPSA) is 111 Å². The molecule has 0 aliphatic carbocycles. The van der Waals surface area contributed by atoms with Crippen LogP contribution in [-0.4, -0.2) is 28.1 Å². The van der Waals surface area contributed by atoms with E-state index in [2.05, 4.69) is 48.3 Å². The van der Waals surface area contributed by atoms with Gasteiger partial charge in [-0.15, -0.1) is 0 Å².